The second-order valence-corrected chi connectivity index (χ2v) is 5.16. The zero-order valence-electron chi connectivity index (χ0n) is 11.4. The molecular formula is C13H25N3O2. The average Bonchev–Trinajstić information content (AvgIpc) is 3.17. The van der Waals surface area contributed by atoms with Crippen LogP contribution < -0.4 is 11.1 Å². The lowest BCUT2D eigenvalue weighted by atomic mass is 10.00. The topological polar surface area (TPSA) is 87.7 Å². The molecule has 1 aliphatic rings. The van der Waals surface area contributed by atoms with Gasteiger partial charge in [0, 0.05) is 6.04 Å². The van der Waals surface area contributed by atoms with Gasteiger partial charge in [-0.15, -0.1) is 0 Å². The van der Waals surface area contributed by atoms with E-state index in [0.717, 1.165) is 25.2 Å². The molecule has 0 heterocycles. The van der Waals surface area contributed by atoms with Gasteiger partial charge in [-0.1, -0.05) is 38.3 Å². The maximum atomic E-state index is 12.1. The van der Waals surface area contributed by atoms with Crippen LogP contribution in [0.15, 0.2) is 5.16 Å². The van der Waals surface area contributed by atoms with Crippen molar-refractivity contribution in [1.29, 1.82) is 0 Å². The third-order valence-electron chi connectivity index (χ3n) is 3.52. The van der Waals surface area contributed by atoms with E-state index < -0.39 is 5.92 Å². The third kappa shape index (κ3) is 4.55. The first-order valence-corrected chi connectivity index (χ1v) is 6.90. The number of nitrogens with two attached hydrogens (primary N) is 1. The Morgan fingerprint density at radius 1 is 1.50 bits per heavy atom. The van der Waals surface area contributed by atoms with Crippen LogP contribution >= 0.6 is 0 Å². The van der Waals surface area contributed by atoms with Gasteiger partial charge in [0.15, 0.2) is 5.84 Å². The standard InChI is InChI=1S/C13H25N3O2/c1-3-5-11(12(14)16-18)13(17)15-10(4-2)8-9-6-7-9/h9-11,18H,3-8H2,1-2H3,(H2,14,16)(H,15,17). The van der Waals surface area contributed by atoms with Crippen LogP contribution in [-0.4, -0.2) is 23.0 Å². The summed E-state index contributed by atoms with van der Waals surface area (Å²) in [6.07, 6.45) is 5.99. The van der Waals surface area contributed by atoms with E-state index >= 15 is 0 Å². The van der Waals surface area contributed by atoms with E-state index in [0.29, 0.717) is 6.42 Å². The number of nitrogens with one attached hydrogen (secondary N) is 1. The van der Waals surface area contributed by atoms with Crippen LogP contribution in [0.3, 0.4) is 0 Å². The number of oxime groups is 1. The summed E-state index contributed by atoms with van der Waals surface area (Å²) in [6, 6.07) is 0.218. The molecule has 0 spiro atoms. The highest BCUT2D eigenvalue weighted by molar-refractivity contribution is 6.02. The molecule has 1 aliphatic carbocycles. The molecule has 0 aromatic rings. The summed E-state index contributed by atoms with van der Waals surface area (Å²) in [5.74, 6) is 0.173. The summed E-state index contributed by atoms with van der Waals surface area (Å²) in [5, 5.41) is 14.7. The molecule has 1 fully saturated rings. The minimum atomic E-state index is -0.506. The summed E-state index contributed by atoms with van der Waals surface area (Å²) >= 11 is 0. The van der Waals surface area contributed by atoms with Crippen molar-refractivity contribution in [2.45, 2.75) is 58.4 Å². The van der Waals surface area contributed by atoms with Crippen LogP contribution in [0.25, 0.3) is 0 Å². The summed E-state index contributed by atoms with van der Waals surface area (Å²) < 4.78 is 0. The van der Waals surface area contributed by atoms with Crippen molar-refractivity contribution in [3.05, 3.63) is 0 Å². The maximum Gasteiger partial charge on any atom is 0.231 e. The van der Waals surface area contributed by atoms with Crippen LogP contribution in [0.2, 0.25) is 0 Å². The Morgan fingerprint density at radius 2 is 2.17 bits per heavy atom. The maximum absolute atomic E-state index is 12.1. The molecule has 2 atom stereocenters. The fourth-order valence-corrected chi connectivity index (χ4v) is 2.16. The van der Waals surface area contributed by atoms with Crippen LogP contribution in [0.4, 0.5) is 0 Å². The number of nitrogens with zero attached hydrogens (tertiary/aromatic N) is 1. The van der Waals surface area contributed by atoms with E-state index in [9.17, 15) is 4.79 Å². The van der Waals surface area contributed by atoms with Crippen LogP contribution in [0, 0.1) is 11.8 Å². The summed E-state index contributed by atoms with van der Waals surface area (Å²) in [5.41, 5.74) is 5.57. The number of carbonyl (C=O) groups excluding carboxylic acids is 1. The normalized spacial score (nSPS) is 19.3. The highest BCUT2D eigenvalue weighted by Crippen LogP contribution is 2.34. The highest BCUT2D eigenvalue weighted by atomic mass is 16.4. The lowest BCUT2D eigenvalue weighted by Crippen LogP contribution is -2.43. The molecule has 18 heavy (non-hydrogen) atoms. The molecular weight excluding hydrogens is 230 g/mol. The fourth-order valence-electron chi connectivity index (χ4n) is 2.16. The SMILES string of the molecule is CCCC(C(=O)NC(CC)CC1CC1)C(N)=NO. The van der Waals surface area contributed by atoms with Crippen molar-refractivity contribution in [3.8, 4) is 0 Å². The summed E-state index contributed by atoms with van der Waals surface area (Å²) in [4.78, 5) is 12.1. The van der Waals surface area contributed by atoms with E-state index in [4.69, 9.17) is 10.9 Å². The molecule has 1 saturated carbocycles. The second kappa shape index (κ2) is 7.24. The van der Waals surface area contributed by atoms with Crippen molar-refractivity contribution in [2.75, 3.05) is 0 Å². The largest absolute Gasteiger partial charge is 0.409 e. The molecule has 4 N–H and O–H groups in total. The molecule has 1 amide bonds. The Bertz CT molecular complexity index is 301. The molecule has 0 aromatic heterocycles. The third-order valence-corrected chi connectivity index (χ3v) is 3.52. The number of hydrogen-bond acceptors (Lipinski definition) is 3. The number of rotatable bonds is 8. The number of hydrogen-bond donors (Lipinski definition) is 3. The summed E-state index contributed by atoms with van der Waals surface area (Å²) in [6.45, 7) is 4.05. The lowest BCUT2D eigenvalue weighted by Gasteiger charge is -2.21. The van der Waals surface area contributed by atoms with Gasteiger partial charge in [0.1, 0.15) is 0 Å². The van der Waals surface area contributed by atoms with Crippen molar-refractivity contribution < 1.29 is 10.0 Å². The Morgan fingerprint density at radius 3 is 2.61 bits per heavy atom. The zero-order valence-corrected chi connectivity index (χ0v) is 11.4. The van der Waals surface area contributed by atoms with Crippen molar-refractivity contribution in [3.63, 3.8) is 0 Å². The van der Waals surface area contributed by atoms with Crippen LogP contribution in [-0.2, 0) is 4.79 Å². The van der Waals surface area contributed by atoms with Crippen molar-refractivity contribution in [2.24, 2.45) is 22.7 Å². The van der Waals surface area contributed by atoms with Gasteiger partial charge in [0.25, 0.3) is 0 Å². The lowest BCUT2D eigenvalue weighted by molar-refractivity contribution is -0.124. The molecule has 0 aromatic carbocycles. The zero-order chi connectivity index (χ0) is 13.5. The fraction of sp³-hybridized carbons (Fsp3) is 0.846. The molecule has 2 unspecified atom stereocenters. The minimum Gasteiger partial charge on any atom is -0.409 e. The molecule has 5 heteroatoms. The smallest absolute Gasteiger partial charge is 0.231 e. The first-order valence-electron chi connectivity index (χ1n) is 6.90. The van der Waals surface area contributed by atoms with E-state index in [2.05, 4.69) is 17.4 Å². The molecule has 5 nitrogen and oxygen atoms in total. The van der Waals surface area contributed by atoms with Gasteiger partial charge in [-0.05, 0) is 25.2 Å². The molecule has 0 bridgehead atoms. The monoisotopic (exact) mass is 255 g/mol. The molecule has 0 saturated heterocycles. The first kappa shape index (κ1) is 14.8. The molecule has 0 radical (unpaired) electrons. The Labute approximate surface area is 109 Å². The number of amidine groups is 1. The van der Waals surface area contributed by atoms with E-state index in [1.807, 2.05) is 6.92 Å². The molecule has 0 aliphatic heterocycles. The van der Waals surface area contributed by atoms with Crippen molar-refractivity contribution in [1.82, 2.24) is 5.32 Å². The van der Waals surface area contributed by atoms with Gasteiger partial charge in [-0.25, -0.2) is 0 Å². The highest BCUT2D eigenvalue weighted by Gasteiger charge is 2.28. The van der Waals surface area contributed by atoms with E-state index in [1.165, 1.54) is 12.8 Å². The Balaban J connectivity index is 2.52. The molecule has 104 valence electrons. The summed E-state index contributed by atoms with van der Waals surface area (Å²) in [7, 11) is 0. The van der Waals surface area contributed by atoms with Gasteiger partial charge in [-0.3, -0.25) is 4.79 Å². The minimum absolute atomic E-state index is 0.00984. The number of carbonyl (C=O) groups is 1. The molecule has 1 rings (SSSR count). The van der Waals surface area contributed by atoms with Gasteiger partial charge in [-0.2, -0.15) is 0 Å². The van der Waals surface area contributed by atoms with Crippen LogP contribution in [0.1, 0.15) is 52.4 Å². The first-order chi connectivity index (χ1) is 8.62. The second-order valence-electron chi connectivity index (χ2n) is 5.16. The van der Waals surface area contributed by atoms with Crippen molar-refractivity contribution >= 4 is 11.7 Å². The predicted molar refractivity (Wildman–Crippen MR) is 71.4 cm³/mol. The van der Waals surface area contributed by atoms with Gasteiger partial charge in [0.2, 0.25) is 5.91 Å². The van der Waals surface area contributed by atoms with E-state index in [1.54, 1.807) is 0 Å². The van der Waals surface area contributed by atoms with Gasteiger partial charge < -0.3 is 16.3 Å². The van der Waals surface area contributed by atoms with Gasteiger partial charge in [0.05, 0.1) is 5.92 Å². The van der Waals surface area contributed by atoms with Gasteiger partial charge >= 0.3 is 0 Å². The predicted octanol–water partition coefficient (Wildman–Crippen LogP) is 1.84. The van der Waals surface area contributed by atoms with Crippen LogP contribution in [0.5, 0.6) is 0 Å². The number of amides is 1. The average molecular weight is 255 g/mol. The Kier molecular flexibility index (Phi) is 5.95. The van der Waals surface area contributed by atoms with E-state index in [-0.39, 0.29) is 17.8 Å². The Hall–Kier alpha value is -1.26. The quantitative estimate of drug-likeness (QED) is 0.268.